The van der Waals surface area contributed by atoms with Gasteiger partial charge >= 0.3 is 6.16 Å². The number of methoxy groups -OCH3 is 2. The molecule has 0 aliphatic carbocycles. The summed E-state index contributed by atoms with van der Waals surface area (Å²) in [6.45, 7) is 3.03. The summed E-state index contributed by atoms with van der Waals surface area (Å²) < 4.78 is 49.8. The van der Waals surface area contributed by atoms with E-state index in [0.29, 0.717) is 24.8 Å². The molecule has 238 valence electrons. The summed E-state index contributed by atoms with van der Waals surface area (Å²) >= 11 is 0. The molecular formula is C29H34F2N4O9. The van der Waals surface area contributed by atoms with Gasteiger partial charge in [-0.2, -0.15) is 0 Å². The fraction of sp³-hybridized carbons (Fsp3) is 0.483. The zero-order valence-corrected chi connectivity index (χ0v) is 24.6. The summed E-state index contributed by atoms with van der Waals surface area (Å²) in [6.07, 6.45) is 0.631. The molecule has 2 amide bonds. The minimum absolute atomic E-state index is 0. The average Bonchev–Trinajstić information content (AvgIpc) is 3.38. The molecule has 5 rings (SSSR count). The number of halogens is 2. The van der Waals surface area contributed by atoms with Crippen LogP contribution in [0.5, 0.6) is 5.75 Å². The van der Waals surface area contributed by atoms with E-state index in [9.17, 15) is 28.0 Å². The van der Waals surface area contributed by atoms with Gasteiger partial charge in [0.25, 0.3) is 11.8 Å². The van der Waals surface area contributed by atoms with Crippen LogP contribution in [0.3, 0.4) is 0 Å². The van der Waals surface area contributed by atoms with Crippen molar-refractivity contribution in [3.05, 3.63) is 63.1 Å². The molecule has 15 heteroatoms. The standard InChI is InChI=1S/C29H32F2N4O9.H2/c1-15-7-8-29(10-22(41-4)33-44-29)21-13-34(15)27(38)23-25(43-28(39)42-14-16(2)40-3)24(36)19(12-35(21)23)26(37)32-11-17-5-6-18(30)9-20(17)31;/h5-6,9,12,15-16,21H,7-8,10-11,13-14H2,1-4H3,(H,32,37);1H/t15-,16-,21+,29-;/m0./s1. The van der Waals surface area contributed by atoms with Crippen molar-refractivity contribution in [2.45, 2.75) is 63.4 Å². The Labute approximate surface area is 252 Å². The minimum atomic E-state index is -1.29. The number of nitrogens with zero attached hydrogens (tertiary/aromatic N) is 3. The van der Waals surface area contributed by atoms with Crippen molar-refractivity contribution in [3.63, 3.8) is 0 Å². The lowest BCUT2D eigenvalue weighted by atomic mass is 9.85. The molecule has 13 nitrogen and oxygen atoms in total. The molecule has 1 aromatic carbocycles. The van der Waals surface area contributed by atoms with Crippen LogP contribution in [-0.4, -0.2) is 78.5 Å². The molecule has 4 atom stereocenters. The second-order valence-corrected chi connectivity index (χ2v) is 11.0. The molecule has 4 heterocycles. The largest absolute Gasteiger partial charge is 0.514 e. The highest BCUT2D eigenvalue weighted by Gasteiger charge is 2.55. The van der Waals surface area contributed by atoms with E-state index >= 15 is 0 Å². The van der Waals surface area contributed by atoms with Crippen LogP contribution in [0.15, 0.2) is 34.3 Å². The number of nitrogens with one attached hydrogen (secondary N) is 1. The van der Waals surface area contributed by atoms with Crippen LogP contribution in [0.4, 0.5) is 13.6 Å². The fourth-order valence-corrected chi connectivity index (χ4v) is 5.57. The van der Waals surface area contributed by atoms with Crippen LogP contribution in [0.2, 0.25) is 0 Å². The highest BCUT2D eigenvalue weighted by molar-refractivity contribution is 6.00. The first-order valence-electron chi connectivity index (χ1n) is 14.0. The Morgan fingerprint density at radius 2 is 2.05 bits per heavy atom. The topological polar surface area (TPSA) is 147 Å². The smallest absolute Gasteiger partial charge is 0.482 e. The molecule has 0 saturated carbocycles. The van der Waals surface area contributed by atoms with Gasteiger partial charge in [0.05, 0.1) is 25.7 Å². The van der Waals surface area contributed by atoms with E-state index in [2.05, 4.69) is 10.5 Å². The van der Waals surface area contributed by atoms with Gasteiger partial charge in [-0.3, -0.25) is 14.4 Å². The number of oxime groups is 1. The van der Waals surface area contributed by atoms with Gasteiger partial charge in [-0.1, -0.05) is 11.2 Å². The van der Waals surface area contributed by atoms with Crippen molar-refractivity contribution in [1.29, 1.82) is 0 Å². The number of amides is 2. The van der Waals surface area contributed by atoms with Gasteiger partial charge < -0.3 is 38.6 Å². The van der Waals surface area contributed by atoms with Crippen molar-refractivity contribution >= 4 is 23.9 Å². The third-order valence-corrected chi connectivity index (χ3v) is 8.22. The maximum atomic E-state index is 14.2. The van der Waals surface area contributed by atoms with Crippen molar-refractivity contribution in [1.82, 2.24) is 14.8 Å². The average molecular weight is 621 g/mol. The van der Waals surface area contributed by atoms with E-state index in [-0.39, 0.29) is 44.8 Å². The van der Waals surface area contributed by atoms with Crippen LogP contribution in [-0.2, 0) is 25.6 Å². The van der Waals surface area contributed by atoms with Gasteiger partial charge in [0.15, 0.2) is 11.3 Å². The number of ether oxygens (including phenoxy) is 4. The number of carbonyl (C=O) groups excluding carboxylic acids is 3. The number of hydrogen-bond acceptors (Lipinski definition) is 10. The monoisotopic (exact) mass is 620 g/mol. The first-order valence-corrected chi connectivity index (χ1v) is 14.0. The summed E-state index contributed by atoms with van der Waals surface area (Å²) in [5.41, 5.74) is -2.89. The zero-order valence-electron chi connectivity index (χ0n) is 24.6. The minimum Gasteiger partial charge on any atom is -0.482 e. The van der Waals surface area contributed by atoms with Gasteiger partial charge in [0, 0.05) is 45.5 Å². The molecule has 3 aliphatic rings. The summed E-state index contributed by atoms with van der Waals surface area (Å²) in [6, 6.07) is 1.89. The Bertz CT molecular complexity index is 1590. The highest BCUT2D eigenvalue weighted by Crippen LogP contribution is 2.46. The van der Waals surface area contributed by atoms with E-state index in [1.165, 1.54) is 25.0 Å². The second-order valence-electron chi connectivity index (χ2n) is 11.0. The van der Waals surface area contributed by atoms with Crippen molar-refractivity contribution < 1.29 is 48.4 Å². The molecular weight excluding hydrogens is 586 g/mol. The predicted molar refractivity (Wildman–Crippen MR) is 150 cm³/mol. The Kier molecular flexibility index (Phi) is 8.59. The first kappa shape index (κ1) is 30.9. The lowest BCUT2D eigenvalue weighted by Gasteiger charge is -2.41. The summed E-state index contributed by atoms with van der Waals surface area (Å²) in [5.74, 6) is -3.61. The van der Waals surface area contributed by atoms with Gasteiger partial charge in [0.2, 0.25) is 17.1 Å². The van der Waals surface area contributed by atoms with Gasteiger partial charge in [-0.25, -0.2) is 13.6 Å². The van der Waals surface area contributed by atoms with Gasteiger partial charge in [-0.05, 0) is 32.8 Å². The van der Waals surface area contributed by atoms with Gasteiger partial charge in [-0.15, -0.1) is 0 Å². The highest BCUT2D eigenvalue weighted by atomic mass is 19.1. The van der Waals surface area contributed by atoms with Crippen molar-refractivity contribution in [2.24, 2.45) is 5.16 Å². The quantitative estimate of drug-likeness (QED) is 0.461. The summed E-state index contributed by atoms with van der Waals surface area (Å²) in [4.78, 5) is 61.3. The number of benzene rings is 1. The maximum Gasteiger partial charge on any atom is 0.514 e. The molecule has 1 spiro atoms. The van der Waals surface area contributed by atoms with E-state index in [1.807, 2.05) is 6.92 Å². The maximum absolute atomic E-state index is 14.2. The zero-order chi connectivity index (χ0) is 31.8. The number of hydrogen-bond donors (Lipinski definition) is 1. The summed E-state index contributed by atoms with van der Waals surface area (Å²) in [7, 11) is 2.87. The Morgan fingerprint density at radius 1 is 1.27 bits per heavy atom. The SMILES string of the molecule is COC1=NO[C@@]2(CC[C@H](C)N3C[C@H]2n2cc(C(=O)NCc4ccc(F)cc4F)c(=O)c(OC(=O)OC[C@H](C)OC)c2C3=O)C1.[HH]. The molecule has 1 fully saturated rings. The number of pyridine rings is 1. The Morgan fingerprint density at radius 3 is 2.73 bits per heavy atom. The molecule has 2 aromatic rings. The molecule has 1 aromatic heterocycles. The summed E-state index contributed by atoms with van der Waals surface area (Å²) in [5, 5.41) is 6.51. The van der Waals surface area contributed by atoms with Crippen LogP contribution in [0.1, 0.15) is 67.0 Å². The molecule has 2 bridgehead atoms. The molecule has 0 radical (unpaired) electrons. The first-order chi connectivity index (χ1) is 21.0. The van der Waals surface area contributed by atoms with Crippen molar-refractivity contribution in [3.8, 4) is 5.75 Å². The van der Waals surface area contributed by atoms with Gasteiger partial charge in [0.1, 0.15) is 23.8 Å². The van der Waals surface area contributed by atoms with E-state index in [0.717, 1.165) is 12.1 Å². The number of carbonyl (C=O) groups is 3. The molecule has 44 heavy (non-hydrogen) atoms. The fourth-order valence-electron chi connectivity index (χ4n) is 5.57. The molecule has 1 saturated heterocycles. The molecule has 3 aliphatic heterocycles. The lowest BCUT2D eigenvalue weighted by Crippen LogP contribution is -2.52. The third-order valence-electron chi connectivity index (χ3n) is 8.22. The van der Waals surface area contributed by atoms with Crippen LogP contribution >= 0.6 is 0 Å². The van der Waals surface area contributed by atoms with Crippen LogP contribution < -0.4 is 15.5 Å². The molecule has 1 N–H and O–H groups in total. The Balaban J connectivity index is 0.00000461. The van der Waals surface area contributed by atoms with Crippen LogP contribution in [0, 0.1) is 11.6 Å². The lowest BCUT2D eigenvalue weighted by molar-refractivity contribution is -0.0655. The Hall–Kier alpha value is -4.53. The number of fused-ring (bicyclic) bond motifs is 5. The normalized spacial score (nSPS) is 22.8. The van der Waals surface area contributed by atoms with E-state index in [4.69, 9.17) is 23.8 Å². The van der Waals surface area contributed by atoms with E-state index < -0.39 is 64.1 Å². The number of rotatable bonds is 7. The van der Waals surface area contributed by atoms with Crippen LogP contribution in [0.25, 0.3) is 0 Å². The van der Waals surface area contributed by atoms with Crippen molar-refractivity contribution in [2.75, 3.05) is 27.4 Å². The molecule has 0 unspecified atom stereocenters. The van der Waals surface area contributed by atoms with E-state index in [1.54, 1.807) is 11.8 Å². The second kappa shape index (κ2) is 12.2. The number of aromatic nitrogens is 1. The third kappa shape index (κ3) is 5.70. The predicted octanol–water partition coefficient (Wildman–Crippen LogP) is 3.15.